The largest absolute Gasteiger partial charge is 0.472 e. The summed E-state index contributed by atoms with van der Waals surface area (Å²) >= 11 is 0. The van der Waals surface area contributed by atoms with Gasteiger partial charge in [0.25, 0.3) is 0 Å². The molecular formula is C65H126O17P2. The topological polar surface area (TPSA) is 237 Å². The zero-order valence-electron chi connectivity index (χ0n) is 54.5. The Labute approximate surface area is 511 Å². The third-order valence-corrected chi connectivity index (χ3v) is 17.1. The standard InChI is InChI=1S/C65H126O17P2/c1-9-58(8)44-36-28-18-14-10-11-15-20-31-39-47-64(69)81-60(52-76-63(68)46-38-30-23-21-26-34-42-56(4)5)53-79-83(71,72)77-49-59(66)50-78-84(73,74)80-54-61(82-65(70)48-40-32-24-22-27-35-43-57(6)7)51-75-62(67)45-37-29-19-16-12-13-17-25-33-41-55(2)3/h55-61,66H,9-54H2,1-8H3,(H,71,72)(H,73,74)/t58?,59-,60+,61+/m0/s1. The molecule has 17 nitrogen and oxygen atoms in total. The highest BCUT2D eigenvalue weighted by molar-refractivity contribution is 7.47. The molecule has 6 atom stereocenters. The lowest BCUT2D eigenvalue weighted by Crippen LogP contribution is -2.30. The molecule has 0 rings (SSSR count). The molecule has 0 bridgehead atoms. The molecule has 0 aliphatic carbocycles. The molecule has 3 unspecified atom stereocenters. The van der Waals surface area contributed by atoms with Gasteiger partial charge in [-0.05, 0) is 49.4 Å². The van der Waals surface area contributed by atoms with Crippen LogP contribution in [0.2, 0.25) is 0 Å². The van der Waals surface area contributed by atoms with Gasteiger partial charge in [-0.2, -0.15) is 0 Å². The summed E-state index contributed by atoms with van der Waals surface area (Å²) in [6.45, 7) is 13.9. The number of ether oxygens (including phenoxy) is 4. The summed E-state index contributed by atoms with van der Waals surface area (Å²) < 4.78 is 68.0. The molecule has 0 saturated heterocycles. The van der Waals surface area contributed by atoms with Crippen LogP contribution in [0, 0.1) is 23.7 Å². The van der Waals surface area contributed by atoms with E-state index in [1.54, 1.807) is 0 Å². The van der Waals surface area contributed by atoms with Gasteiger partial charge in [-0.25, -0.2) is 9.13 Å². The number of hydrogen-bond donors (Lipinski definition) is 3. The minimum atomic E-state index is -4.95. The zero-order valence-corrected chi connectivity index (χ0v) is 56.3. The maximum atomic E-state index is 13.0. The normalized spacial score (nSPS) is 14.7. The fourth-order valence-electron chi connectivity index (χ4n) is 9.57. The van der Waals surface area contributed by atoms with Crippen LogP contribution >= 0.6 is 15.6 Å². The molecule has 3 N–H and O–H groups in total. The monoisotopic (exact) mass is 1240 g/mol. The van der Waals surface area contributed by atoms with E-state index in [9.17, 15) is 43.2 Å². The Morgan fingerprint density at radius 3 is 0.845 bits per heavy atom. The number of phosphoric acid groups is 2. The molecule has 0 spiro atoms. The number of unbranched alkanes of at least 4 members (excludes halogenated alkanes) is 27. The minimum Gasteiger partial charge on any atom is -0.462 e. The van der Waals surface area contributed by atoms with E-state index in [1.165, 1.54) is 109 Å². The van der Waals surface area contributed by atoms with Crippen molar-refractivity contribution >= 4 is 39.5 Å². The van der Waals surface area contributed by atoms with Crippen LogP contribution in [0.5, 0.6) is 0 Å². The summed E-state index contributed by atoms with van der Waals surface area (Å²) in [5.41, 5.74) is 0. The van der Waals surface area contributed by atoms with E-state index in [1.807, 2.05) is 0 Å². The van der Waals surface area contributed by atoms with E-state index in [2.05, 4.69) is 55.4 Å². The highest BCUT2D eigenvalue weighted by Gasteiger charge is 2.30. The maximum Gasteiger partial charge on any atom is 0.472 e. The van der Waals surface area contributed by atoms with Gasteiger partial charge in [0.15, 0.2) is 12.2 Å². The van der Waals surface area contributed by atoms with Gasteiger partial charge >= 0.3 is 39.5 Å². The number of hydrogen-bond acceptors (Lipinski definition) is 15. The fourth-order valence-corrected chi connectivity index (χ4v) is 11.2. The Balaban J connectivity index is 5.23. The number of aliphatic hydroxyl groups excluding tert-OH is 1. The summed E-state index contributed by atoms with van der Waals surface area (Å²) in [6.07, 6.45) is 35.1. The van der Waals surface area contributed by atoms with E-state index in [0.717, 1.165) is 108 Å². The van der Waals surface area contributed by atoms with Crippen LogP contribution < -0.4 is 0 Å². The summed E-state index contributed by atoms with van der Waals surface area (Å²) in [5, 5.41) is 10.5. The average Bonchev–Trinajstić information content (AvgIpc) is 3.46. The molecule has 0 aliphatic rings. The highest BCUT2D eigenvalue weighted by Crippen LogP contribution is 2.45. The van der Waals surface area contributed by atoms with Gasteiger partial charge in [0, 0.05) is 25.7 Å². The van der Waals surface area contributed by atoms with Crippen LogP contribution in [0.1, 0.15) is 312 Å². The Bertz CT molecular complexity index is 1680. The van der Waals surface area contributed by atoms with Crippen molar-refractivity contribution in [2.24, 2.45) is 23.7 Å². The van der Waals surface area contributed by atoms with Crippen molar-refractivity contribution < 1.29 is 80.2 Å². The second-order valence-electron chi connectivity index (χ2n) is 25.2. The highest BCUT2D eigenvalue weighted by atomic mass is 31.2. The van der Waals surface area contributed by atoms with Gasteiger partial charge in [0.2, 0.25) is 0 Å². The van der Waals surface area contributed by atoms with Crippen molar-refractivity contribution in [3.8, 4) is 0 Å². The van der Waals surface area contributed by atoms with Gasteiger partial charge in [0.05, 0.1) is 26.4 Å². The predicted octanol–water partition coefficient (Wildman–Crippen LogP) is 17.8. The molecule has 0 aromatic rings. The minimum absolute atomic E-state index is 0.101. The van der Waals surface area contributed by atoms with Gasteiger partial charge < -0.3 is 33.8 Å². The summed E-state index contributed by atoms with van der Waals surface area (Å²) in [7, 11) is -9.89. The SMILES string of the molecule is CCC(C)CCCCCCCCCCCCC(=O)O[C@H](COC(=O)CCCCCCCCC(C)C)COP(=O)(O)OC[C@H](O)COP(=O)(O)OC[C@@H](COC(=O)CCCCCCCCCCCC(C)C)OC(=O)CCCCCCCCC(C)C. The number of carbonyl (C=O) groups excluding carboxylic acids is 4. The molecule has 0 fully saturated rings. The molecule has 498 valence electrons. The lowest BCUT2D eigenvalue weighted by Gasteiger charge is -2.21. The Morgan fingerprint density at radius 2 is 0.571 bits per heavy atom. The van der Waals surface area contributed by atoms with Gasteiger partial charge in [-0.15, -0.1) is 0 Å². The van der Waals surface area contributed by atoms with Crippen molar-refractivity contribution in [2.75, 3.05) is 39.6 Å². The predicted molar refractivity (Wildman–Crippen MR) is 335 cm³/mol. The van der Waals surface area contributed by atoms with Gasteiger partial charge in [-0.3, -0.25) is 37.3 Å². The molecule has 0 amide bonds. The van der Waals surface area contributed by atoms with Crippen LogP contribution in [0.25, 0.3) is 0 Å². The second kappa shape index (κ2) is 55.2. The first-order valence-corrected chi connectivity index (χ1v) is 36.7. The zero-order chi connectivity index (χ0) is 62.5. The van der Waals surface area contributed by atoms with E-state index >= 15 is 0 Å². The summed E-state index contributed by atoms with van der Waals surface area (Å²) in [5.74, 6) is 0.753. The first-order chi connectivity index (χ1) is 40.1. The van der Waals surface area contributed by atoms with Crippen LogP contribution in [0.4, 0.5) is 0 Å². The Hall–Kier alpha value is -1.94. The number of carbonyl (C=O) groups is 4. The van der Waals surface area contributed by atoms with Crippen LogP contribution in [-0.2, 0) is 65.4 Å². The lowest BCUT2D eigenvalue weighted by molar-refractivity contribution is -0.161. The Kier molecular flexibility index (Phi) is 53.9. The molecule has 0 aliphatic heterocycles. The summed E-state index contributed by atoms with van der Waals surface area (Å²) in [4.78, 5) is 72.2. The van der Waals surface area contributed by atoms with E-state index in [0.29, 0.717) is 37.5 Å². The average molecular weight is 1240 g/mol. The number of aliphatic hydroxyl groups is 1. The third kappa shape index (κ3) is 57.8. The fraction of sp³-hybridized carbons (Fsp3) is 0.938. The van der Waals surface area contributed by atoms with E-state index in [4.69, 9.17) is 37.0 Å². The van der Waals surface area contributed by atoms with Gasteiger partial charge in [0.1, 0.15) is 19.3 Å². The molecule has 0 radical (unpaired) electrons. The molecule has 0 saturated carbocycles. The van der Waals surface area contributed by atoms with Crippen molar-refractivity contribution in [1.82, 2.24) is 0 Å². The Morgan fingerprint density at radius 1 is 0.333 bits per heavy atom. The smallest absolute Gasteiger partial charge is 0.462 e. The lowest BCUT2D eigenvalue weighted by atomic mass is 9.99. The van der Waals surface area contributed by atoms with E-state index < -0.39 is 97.5 Å². The van der Waals surface area contributed by atoms with E-state index in [-0.39, 0.29) is 25.7 Å². The number of phosphoric ester groups is 2. The van der Waals surface area contributed by atoms with Crippen LogP contribution in [0.15, 0.2) is 0 Å². The van der Waals surface area contributed by atoms with Gasteiger partial charge in [-0.1, -0.05) is 261 Å². The summed E-state index contributed by atoms with van der Waals surface area (Å²) in [6, 6.07) is 0. The second-order valence-corrected chi connectivity index (χ2v) is 28.1. The van der Waals surface area contributed by atoms with Crippen molar-refractivity contribution in [2.45, 2.75) is 331 Å². The number of esters is 4. The first kappa shape index (κ1) is 82.1. The molecule has 19 heteroatoms. The van der Waals surface area contributed by atoms with Crippen molar-refractivity contribution in [3.05, 3.63) is 0 Å². The maximum absolute atomic E-state index is 13.0. The van der Waals surface area contributed by atoms with Crippen molar-refractivity contribution in [3.63, 3.8) is 0 Å². The van der Waals surface area contributed by atoms with Crippen LogP contribution in [-0.4, -0.2) is 96.7 Å². The third-order valence-electron chi connectivity index (χ3n) is 15.2. The quantitative estimate of drug-likeness (QED) is 0.0222. The number of rotatable bonds is 62. The molecule has 84 heavy (non-hydrogen) atoms. The molecule has 0 heterocycles. The molecule has 0 aromatic heterocycles. The van der Waals surface area contributed by atoms with Crippen molar-refractivity contribution in [1.29, 1.82) is 0 Å². The molecule has 0 aromatic carbocycles. The first-order valence-electron chi connectivity index (χ1n) is 33.7. The molecular weight excluding hydrogens is 1110 g/mol. The van der Waals surface area contributed by atoms with Crippen LogP contribution in [0.3, 0.4) is 0 Å².